The largest absolute Gasteiger partial charge is 0.467 e. The lowest BCUT2D eigenvalue weighted by Gasteiger charge is -2.33. The maximum atomic E-state index is 13.5. The predicted octanol–water partition coefficient (Wildman–Crippen LogP) is 3.95. The second kappa shape index (κ2) is 11.3. The number of amides is 1. The van der Waals surface area contributed by atoms with Gasteiger partial charge >= 0.3 is 5.97 Å². The molecule has 31 heavy (non-hydrogen) atoms. The first kappa shape index (κ1) is 23.3. The van der Waals surface area contributed by atoms with Crippen LogP contribution in [0.3, 0.4) is 0 Å². The maximum absolute atomic E-state index is 13.5. The zero-order chi connectivity index (χ0) is 22.2. The second-order valence-electron chi connectivity index (χ2n) is 9.23. The van der Waals surface area contributed by atoms with Crippen molar-refractivity contribution in [2.45, 2.75) is 76.7 Å². The normalized spacial score (nSPS) is 19.9. The van der Waals surface area contributed by atoms with E-state index in [0.29, 0.717) is 17.9 Å². The Kier molecular flexibility index (Phi) is 8.50. The fraction of sp³-hybridized carbons (Fsp3) is 0.640. The van der Waals surface area contributed by atoms with Crippen LogP contribution >= 0.6 is 0 Å². The van der Waals surface area contributed by atoms with E-state index in [2.05, 4.69) is 5.32 Å². The molecule has 1 aromatic carbocycles. The van der Waals surface area contributed by atoms with E-state index in [-0.39, 0.29) is 29.5 Å². The van der Waals surface area contributed by atoms with E-state index in [1.165, 1.54) is 20.0 Å². The number of methoxy groups -OCH3 is 1. The molecule has 0 aliphatic heterocycles. The Morgan fingerprint density at radius 2 is 1.55 bits per heavy atom. The highest BCUT2D eigenvalue weighted by molar-refractivity contribution is 5.94. The Hall–Kier alpha value is -2.37. The lowest BCUT2D eigenvalue weighted by atomic mass is 9.76. The minimum Gasteiger partial charge on any atom is -0.467 e. The third kappa shape index (κ3) is 6.31. The molecule has 2 saturated carbocycles. The summed E-state index contributed by atoms with van der Waals surface area (Å²) in [4.78, 5) is 26.1. The Balaban J connectivity index is 1.77. The van der Waals surface area contributed by atoms with Crippen LogP contribution in [0.4, 0.5) is 0 Å². The van der Waals surface area contributed by atoms with Gasteiger partial charge in [0.2, 0.25) is 5.91 Å². The van der Waals surface area contributed by atoms with Crippen molar-refractivity contribution in [3.05, 3.63) is 35.4 Å². The highest BCUT2D eigenvalue weighted by atomic mass is 16.5. The summed E-state index contributed by atoms with van der Waals surface area (Å²) >= 11 is 0. The number of rotatable bonds is 8. The molecule has 3 rings (SSSR count). The van der Waals surface area contributed by atoms with E-state index in [9.17, 15) is 9.59 Å². The number of esters is 1. The van der Waals surface area contributed by atoms with Crippen molar-refractivity contribution < 1.29 is 14.3 Å². The SMILES string of the molecule is COC(=O)[C@@H](NC(=O)[C@H](Cc1ccc(C(=N)N)cc1)C1CCCCC1)C1CCCCC1. The molecule has 2 fully saturated rings. The number of hydrogen-bond acceptors (Lipinski definition) is 4. The smallest absolute Gasteiger partial charge is 0.328 e. The maximum Gasteiger partial charge on any atom is 0.328 e. The quantitative estimate of drug-likeness (QED) is 0.332. The van der Waals surface area contributed by atoms with Crippen molar-refractivity contribution in [1.29, 1.82) is 5.41 Å². The van der Waals surface area contributed by atoms with Gasteiger partial charge in [-0.1, -0.05) is 62.8 Å². The summed E-state index contributed by atoms with van der Waals surface area (Å²) in [5.74, 6) is 0.00983. The molecule has 6 nitrogen and oxygen atoms in total. The van der Waals surface area contributed by atoms with Gasteiger partial charge in [0.15, 0.2) is 0 Å². The van der Waals surface area contributed by atoms with E-state index in [4.69, 9.17) is 15.9 Å². The molecule has 0 unspecified atom stereocenters. The number of nitrogen functional groups attached to an aromatic ring is 1. The van der Waals surface area contributed by atoms with Gasteiger partial charge < -0.3 is 15.8 Å². The van der Waals surface area contributed by atoms with Crippen molar-refractivity contribution in [2.24, 2.45) is 23.5 Å². The van der Waals surface area contributed by atoms with Gasteiger partial charge in [0.25, 0.3) is 0 Å². The predicted molar refractivity (Wildman–Crippen MR) is 122 cm³/mol. The summed E-state index contributed by atoms with van der Waals surface area (Å²) in [5, 5.41) is 10.7. The molecule has 2 aliphatic rings. The molecule has 2 aliphatic carbocycles. The lowest BCUT2D eigenvalue weighted by molar-refractivity contribution is -0.148. The average Bonchev–Trinajstić information content (AvgIpc) is 2.81. The van der Waals surface area contributed by atoms with Crippen LogP contribution in [-0.2, 0) is 20.7 Å². The molecule has 0 saturated heterocycles. The van der Waals surface area contributed by atoms with Crippen LogP contribution in [0.2, 0.25) is 0 Å². The van der Waals surface area contributed by atoms with Crippen LogP contribution in [0.25, 0.3) is 0 Å². The fourth-order valence-electron chi connectivity index (χ4n) is 5.31. The highest BCUT2D eigenvalue weighted by Gasteiger charge is 2.36. The van der Waals surface area contributed by atoms with Gasteiger partial charge in [0.1, 0.15) is 11.9 Å². The van der Waals surface area contributed by atoms with Gasteiger partial charge in [0.05, 0.1) is 7.11 Å². The number of benzene rings is 1. The lowest BCUT2D eigenvalue weighted by Crippen LogP contribution is -2.50. The second-order valence-corrected chi connectivity index (χ2v) is 9.23. The molecule has 0 radical (unpaired) electrons. The number of carbonyl (C=O) groups is 2. The number of amidine groups is 1. The van der Waals surface area contributed by atoms with E-state index in [1.807, 2.05) is 24.3 Å². The number of ether oxygens (including phenoxy) is 1. The summed E-state index contributed by atoms with van der Waals surface area (Å²) in [7, 11) is 1.40. The summed E-state index contributed by atoms with van der Waals surface area (Å²) in [5.41, 5.74) is 7.32. The third-order valence-corrected chi connectivity index (χ3v) is 7.15. The van der Waals surface area contributed by atoms with Gasteiger partial charge in [-0.25, -0.2) is 4.79 Å². The number of carbonyl (C=O) groups excluding carboxylic acids is 2. The van der Waals surface area contributed by atoms with Gasteiger partial charge in [0, 0.05) is 11.5 Å². The van der Waals surface area contributed by atoms with Crippen LogP contribution in [0.1, 0.15) is 75.3 Å². The molecular formula is C25H37N3O3. The van der Waals surface area contributed by atoms with Gasteiger partial charge in [-0.2, -0.15) is 0 Å². The zero-order valence-electron chi connectivity index (χ0n) is 18.7. The standard InChI is InChI=1S/C25H37N3O3/c1-31-25(30)22(19-10-6-3-7-11-19)28-24(29)21(18-8-4-2-5-9-18)16-17-12-14-20(15-13-17)23(26)27/h12-15,18-19,21-22H,2-11,16H2,1H3,(H3,26,27)(H,28,29)/t21-,22+/m1/s1. The number of hydrogen-bond donors (Lipinski definition) is 3. The van der Waals surface area contributed by atoms with Crippen LogP contribution in [0.5, 0.6) is 0 Å². The Labute approximate surface area is 185 Å². The number of nitrogens with one attached hydrogen (secondary N) is 2. The first-order chi connectivity index (χ1) is 15.0. The van der Waals surface area contributed by atoms with Gasteiger partial charge in [-0.15, -0.1) is 0 Å². The molecule has 1 amide bonds. The van der Waals surface area contributed by atoms with Crippen molar-refractivity contribution in [3.63, 3.8) is 0 Å². The summed E-state index contributed by atoms with van der Waals surface area (Å²) in [6.07, 6.45) is 11.6. The molecule has 4 N–H and O–H groups in total. The van der Waals surface area contributed by atoms with Crippen LogP contribution < -0.4 is 11.1 Å². The molecular weight excluding hydrogens is 390 g/mol. The summed E-state index contributed by atoms with van der Waals surface area (Å²) in [6, 6.07) is 7.04. The minimum absolute atomic E-state index is 0.0245. The van der Waals surface area contributed by atoms with E-state index in [1.54, 1.807) is 0 Å². The van der Waals surface area contributed by atoms with Crippen molar-refractivity contribution in [1.82, 2.24) is 5.32 Å². The Bertz CT molecular complexity index is 750. The van der Waals surface area contributed by atoms with Crippen LogP contribution in [0, 0.1) is 23.2 Å². The van der Waals surface area contributed by atoms with E-state index in [0.717, 1.165) is 56.9 Å². The van der Waals surface area contributed by atoms with Crippen molar-refractivity contribution in [2.75, 3.05) is 7.11 Å². The molecule has 170 valence electrons. The molecule has 0 spiro atoms. The monoisotopic (exact) mass is 427 g/mol. The zero-order valence-corrected chi connectivity index (χ0v) is 18.7. The molecule has 0 aromatic heterocycles. The molecule has 0 heterocycles. The van der Waals surface area contributed by atoms with Gasteiger partial charge in [-0.3, -0.25) is 10.2 Å². The van der Waals surface area contributed by atoms with Gasteiger partial charge in [-0.05, 0) is 49.5 Å². The van der Waals surface area contributed by atoms with Crippen LogP contribution in [0.15, 0.2) is 24.3 Å². The van der Waals surface area contributed by atoms with E-state index < -0.39 is 6.04 Å². The van der Waals surface area contributed by atoms with Crippen molar-refractivity contribution in [3.8, 4) is 0 Å². The van der Waals surface area contributed by atoms with Crippen molar-refractivity contribution >= 4 is 17.7 Å². The highest BCUT2D eigenvalue weighted by Crippen LogP contribution is 2.33. The fourth-order valence-corrected chi connectivity index (χ4v) is 5.31. The topological polar surface area (TPSA) is 105 Å². The molecule has 0 bridgehead atoms. The first-order valence-electron chi connectivity index (χ1n) is 11.8. The average molecular weight is 428 g/mol. The Morgan fingerprint density at radius 1 is 1.00 bits per heavy atom. The Morgan fingerprint density at radius 3 is 2.06 bits per heavy atom. The molecule has 6 heteroatoms. The molecule has 1 aromatic rings. The minimum atomic E-state index is -0.552. The molecule has 2 atom stereocenters. The summed E-state index contributed by atoms with van der Waals surface area (Å²) in [6.45, 7) is 0. The van der Waals surface area contributed by atoms with E-state index >= 15 is 0 Å². The first-order valence-corrected chi connectivity index (χ1v) is 11.8. The summed E-state index contributed by atoms with van der Waals surface area (Å²) < 4.78 is 5.06. The third-order valence-electron chi connectivity index (χ3n) is 7.15. The number of nitrogens with two attached hydrogens (primary N) is 1. The van der Waals surface area contributed by atoms with Crippen LogP contribution in [-0.4, -0.2) is 30.9 Å².